The van der Waals surface area contributed by atoms with Crippen molar-refractivity contribution < 1.29 is 18.5 Å². The van der Waals surface area contributed by atoms with Crippen molar-refractivity contribution in [2.24, 2.45) is 11.1 Å². The predicted octanol–water partition coefficient (Wildman–Crippen LogP) is 2.58. The molecule has 0 fully saturated rings. The summed E-state index contributed by atoms with van der Waals surface area (Å²) in [6.07, 6.45) is 0. The van der Waals surface area contributed by atoms with Gasteiger partial charge in [-0.1, -0.05) is 0 Å². The first kappa shape index (κ1) is 17.0. The number of carbonyl (C=O) groups is 1. The van der Waals surface area contributed by atoms with Gasteiger partial charge in [-0.25, -0.2) is 4.39 Å². The lowest BCUT2D eigenvalue weighted by Gasteiger charge is -2.36. The predicted molar refractivity (Wildman–Crippen MR) is 73.7 cm³/mol. The van der Waals surface area contributed by atoms with Crippen LogP contribution in [0.15, 0.2) is 12.1 Å². The third-order valence-electron chi connectivity index (χ3n) is 3.66. The van der Waals surface area contributed by atoms with Gasteiger partial charge in [-0.05, 0) is 27.7 Å². The molecule has 0 heterocycles. The smallest absolute Gasteiger partial charge is 0.307 e. The molecule has 0 spiro atoms. The largest absolute Gasteiger partial charge is 0.325 e. The Hall–Kier alpha value is -2.09. The summed E-state index contributed by atoms with van der Waals surface area (Å²) in [7, 11) is 0. The number of carbonyl (C=O) groups excluding carboxylic acids is 1. The van der Waals surface area contributed by atoms with Crippen LogP contribution in [0.3, 0.4) is 0 Å². The molecule has 0 aliphatic heterocycles. The average Bonchev–Trinajstić information content (AvgIpc) is 2.30. The van der Waals surface area contributed by atoms with Crippen LogP contribution in [0.25, 0.3) is 0 Å². The van der Waals surface area contributed by atoms with Gasteiger partial charge in [0.1, 0.15) is 5.82 Å². The first-order valence-corrected chi connectivity index (χ1v) is 6.11. The van der Waals surface area contributed by atoms with Crippen molar-refractivity contribution in [2.75, 3.05) is 5.32 Å². The number of hydrogen-bond acceptors (Lipinski definition) is 4. The molecule has 6 nitrogen and oxygen atoms in total. The quantitative estimate of drug-likeness (QED) is 0.659. The molecular formula is C13H17F2N3O3. The molecule has 0 atom stereocenters. The number of halogens is 2. The third-order valence-corrected chi connectivity index (χ3v) is 3.66. The van der Waals surface area contributed by atoms with Crippen LogP contribution in [0.1, 0.15) is 27.7 Å². The Balaban J connectivity index is 3.17. The normalized spacial score (nSPS) is 12.1. The van der Waals surface area contributed by atoms with Gasteiger partial charge in [0.15, 0.2) is 0 Å². The number of rotatable bonds is 4. The number of nitrogens with two attached hydrogens (primary N) is 1. The van der Waals surface area contributed by atoms with Crippen LogP contribution in [0.2, 0.25) is 0 Å². The van der Waals surface area contributed by atoms with E-state index in [1.54, 1.807) is 27.7 Å². The Morgan fingerprint density at radius 3 is 2.19 bits per heavy atom. The lowest BCUT2D eigenvalue weighted by atomic mass is 9.74. The van der Waals surface area contributed by atoms with Crippen LogP contribution in [0.4, 0.5) is 20.2 Å². The fraction of sp³-hybridized carbons (Fsp3) is 0.462. The fourth-order valence-corrected chi connectivity index (χ4v) is 1.34. The maximum atomic E-state index is 13.6. The van der Waals surface area contributed by atoms with Gasteiger partial charge in [-0.2, -0.15) is 4.39 Å². The van der Waals surface area contributed by atoms with Crippen LogP contribution >= 0.6 is 0 Å². The van der Waals surface area contributed by atoms with Crippen molar-refractivity contribution >= 4 is 17.3 Å². The number of nitro benzene ring substituents is 1. The molecule has 8 heteroatoms. The van der Waals surface area contributed by atoms with Gasteiger partial charge in [0.05, 0.1) is 16.0 Å². The van der Waals surface area contributed by atoms with Crippen molar-refractivity contribution in [1.29, 1.82) is 0 Å². The first-order chi connectivity index (χ1) is 9.37. The highest BCUT2D eigenvalue weighted by atomic mass is 19.1. The molecule has 21 heavy (non-hydrogen) atoms. The Kier molecular flexibility index (Phi) is 4.33. The molecule has 3 N–H and O–H groups in total. The maximum absolute atomic E-state index is 13.6. The number of amides is 1. The summed E-state index contributed by atoms with van der Waals surface area (Å²) >= 11 is 0. The number of anilines is 1. The summed E-state index contributed by atoms with van der Waals surface area (Å²) in [6, 6.07) is 0.997. The molecule has 1 aromatic rings. The van der Waals surface area contributed by atoms with E-state index in [2.05, 4.69) is 5.32 Å². The highest BCUT2D eigenvalue weighted by Gasteiger charge is 2.40. The van der Waals surface area contributed by atoms with Gasteiger partial charge < -0.3 is 11.1 Å². The van der Waals surface area contributed by atoms with E-state index in [9.17, 15) is 23.7 Å². The summed E-state index contributed by atoms with van der Waals surface area (Å²) < 4.78 is 26.9. The second kappa shape index (κ2) is 5.36. The molecule has 0 aliphatic carbocycles. The molecule has 0 radical (unpaired) electrons. The molecular weight excluding hydrogens is 284 g/mol. The highest BCUT2D eigenvalue weighted by Crippen LogP contribution is 2.31. The number of benzene rings is 1. The van der Waals surface area contributed by atoms with Crippen LogP contribution in [0, 0.1) is 27.2 Å². The van der Waals surface area contributed by atoms with E-state index in [-0.39, 0.29) is 0 Å². The summed E-state index contributed by atoms with van der Waals surface area (Å²) in [4.78, 5) is 21.8. The molecule has 1 rings (SSSR count). The molecule has 1 amide bonds. The summed E-state index contributed by atoms with van der Waals surface area (Å²) in [5.74, 6) is -3.04. The molecule has 0 bridgehead atoms. The lowest BCUT2D eigenvalue weighted by molar-refractivity contribution is -0.387. The number of nitrogens with one attached hydrogen (secondary N) is 1. The Labute approximate surface area is 120 Å². The molecule has 116 valence electrons. The second-order valence-electron chi connectivity index (χ2n) is 5.84. The maximum Gasteiger partial charge on any atom is 0.307 e. The van der Waals surface area contributed by atoms with E-state index >= 15 is 0 Å². The summed E-state index contributed by atoms with van der Waals surface area (Å²) in [5, 5.41) is 12.9. The third kappa shape index (κ3) is 3.33. The standard InChI is InChI=1S/C13H17F2N3O3/c1-12(2,13(3,4)16)11(19)17-9-6-10(18(20)21)8(15)5-7(9)14/h5-6H,16H2,1-4H3,(H,17,19). The van der Waals surface area contributed by atoms with E-state index in [1.807, 2.05) is 0 Å². The Morgan fingerprint density at radius 1 is 1.24 bits per heavy atom. The van der Waals surface area contributed by atoms with Crippen molar-refractivity contribution in [3.05, 3.63) is 33.9 Å². The molecule has 0 saturated carbocycles. The molecule has 1 aromatic carbocycles. The van der Waals surface area contributed by atoms with Gasteiger partial charge in [0, 0.05) is 17.7 Å². The molecule has 0 unspecified atom stereocenters. The van der Waals surface area contributed by atoms with Gasteiger partial charge in [-0.3, -0.25) is 14.9 Å². The number of hydrogen-bond donors (Lipinski definition) is 2. The van der Waals surface area contributed by atoms with Gasteiger partial charge >= 0.3 is 5.69 Å². The summed E-state index contributed by atoms with van der Waals surface area (Å²) in [6.45, 7) is 6.35. The monoisotopic (exact) mass is 301 g/mol. The first-order valence-electron chi connectivity index (χ1n) is 6.11. The van der Waals surface area contributed by atoms with Gasteiger partial charge in [0.2, 0.25) is 11.7 Å². The zero-order valence-corrected chi connectivity index (χ0v) is 12.2. The van der Waals surface area contributed by atoms with E-state index in [0.717, 1.165) is 0 Å². The number of nitro groups is 1. The van der Waals surface area contributed by atoms with Crippen molar-refractivity contribution in [3.8, 4) is 0 Å². The fourth-order valence-electron chi connectivity index (χ4n) is 1.34. The van der Waals surface area contributed by atoms with Gasteiger partial charge in [0.25, 0.3) is 0 Å². The van der Waals surface area contributed by atoms with Crippen LogP contribution in [0.5, 0.6) is 0 Å². The minimum atomic E-state index is -1.31. The molecule has 0 aromatic heterocycles. The van der Waals surface area contributed by atoms with E-state index in [1.165, 1.54) is 0 Å². The van der Waals surface area contributed by atoms with E-state index < -0.39 is 44.8 Å². The molecule has 0 aliphatic rings. The Bertz CT molecular complexity index is 595. The van der Waals surface area contributed by atoms with Crippen LogP contribution in [-0.2, 0) is 4.79 Å². The lowest BCUT2D eigenvalue weighted by Crippen LogP contribution is -2.53. The van der Waals surface area contributed by atoms with Crippen LogP contribution in [-0.4, -0.2) is 16.4 Å². The average molecular weight is 301 g/mol. The zero-order valence-electron chi connectivity index (χ0n) is 12.2. The van der Waals surface area contributed by atoms with Gasteiger partial charge in [-0.15, -0.1) is 0 Å². The minimum absolute atomic E-state index is 0.355. The SMILES string of the molecule is CC(C)(N)C(C)(C)C(=O)Nc1cc([N+](=O)[O-])c(F)cc1F. The minimum Gasteiger partial charge on any atom is -0.325 e. The molecule has 0 saturated heterocycles. The summed E-state index contributed by atoms with van der Waals surface area (Å²) in [5.41, 5.74) is 2.50. The van der Waals surface area contributed by atoms with Crippen molar-refractivity contribution in [2.45, 2.75) is 33.2 Å². The highest BCUT2D eigenvalue weighted by molar-refractivity contribution is 5.96. The number of nitrogens with zero attached hydrogens (tertiary/aromatic N) is 1. The van der Waals surface area contributed by atoms with Crippen LogP contribution < -0.4 is 11.1 Å². The Morgan fingerprint density at radius 2 is 1.76 bits per heavy atom. The second-order valence-corrected chi connectivity index (χ2v) is 5.84. The van der Waals surface area contributed by atoms with Crippen molar-refractivity contribution in [1.82, 2.24) is 0 Å². The van der Waals surface area contributed by atoms with E-state index in [4.69, 9.17) is 5.73 Å². The topological polar surface area (TPSA) is 98.3 Å². The zero-order chi connectivity index (χ0) is 16.6. The van der Waals surface area contributed by atoms with E-state index in [0.29, 0.717) is 12.1 Å². The van der Waals surface area contributed by atoms with Crippen molar-refractivity contribution in [3.63, 3.8) is 0 Å².